The summed E-state index contributed by atoms with van der Waals surface area (Å²) < 4.78 is 5.65. The summed E-state index contributed by atoms with van der Waals surface area (Å²) in [6, 6.07) is 4.13. The van der Waals surface area contributed by atoms with E-state index >= 15 is 0 Å². The van der Waals surface area contributed by atoms with Crippen molar-refractivity contribution < 1.29 is 4.74 Å². The zero-order chi connectivity index (χ0) is 14.2. The molecule has 0 aliphatic heterocycles. The van der Waals surface area contributed by atoms with Gasteiger partial charge in [0, 0.05) is 22.4 Å². The molecule has 3 heterocycles. The second-order valence-electron chi connectivity index (χ2n) is 5.20. The van der Waals surface area contributed by atoms with Gasteiger partial charge in [-0.05, 0) is 30.2 Å². The Balaban J connectivity index is 1.64. The van der Waals surface area contributed by atoms with Gasteiger partial charge in [0.05, 0.1) is 5.39 Å². The minimum absolute atomic E-state index is 0.443. The summed E-state index contributed by atoms with van der Waals surface area (Å²) in [4.78, 5) is 11.1. The minimum Gasteiger partial charge on any atom is -0.373 e. The van der Waals surface area contributed by atoms with E-state index in [0.717, 1.165) is 28.3 Å². The van der Waals surface area contributed by atoms with Crippen LogP contribution in [0.4, 0.5) is 0 Å². The molecule has 1 fully saturated rings. The molecule has 0 aromatic carbocycles. The predicted molar refractivity (Wildman–Crippen MR) is 88.1 cm³/mol. The van der Waals surface area contributed by atoms with Gasteiger partial charge in [0.15, 0.2) is 5.82 Å². The Labute approximate surface area is 135 Å². The highest BCUT2D eigenvalue weighted by molar-refractivity contribution is 7.18. The van der Waals surface area contributed by atoms with Gasteiger partial charge in [0.1, 0.15) is 16.6 Å². The van der Waals surface area contributed by atoms with Gasteiger partial charge in [-0.2, -0.15) is 0 Å². The summed E-state index contributed by atoms with van der Waals surface area (Å²) in [5, 5.41) is 5.64. The van der Waals surface area contributed by atoms with Gasteiger partial charge in [0.2, 0.25) is 0 Å². The van der Waals surface area contributed by atoms with E-state index < -0.39 is 0 Å². The molecule has 0 unspecified atom stereocenters. The van der Waals surface area contributed by atoms with Crippen molar-refractivity contribution in [2.24, 2.45) is 5.92 Å². The standard InChI is InChI=1S/C15H13ClN2OS2/c16-14-13-10(11-2-1-5-20-11)8-21-15(13)18-12(17-14)7-19-6-9-3-4-9/h1-2,5,8-9H,3-4,6-7H2. The fourth-order valence-electron chi connectivity index (χ4n) is 2.22. The maximum Gasteiger partial charge on any atom is 0.157 e. The molecule has 0 radical (unpaired) electrons. The van der Waals surface area contributed by atoms with Crippen LogP contribution in [0.2, 0.25) is 5.15 Å². The lowest BCUT2D eigenvalue weighted by molar-refractivity contribution is 0.106. The first-order valence-electron chi connectivity index (χ1n) is 6.86. The van der Waals surface area contributed by atoms with E-state index in [2.05, 4.69) is 26.8 Å². The molecule has 3 nitrogen and oxygen atoms in total. The maximum atomic E-state index is 6.38. The van der Waals surface area contributed by atoms with Crippen LogP contribution in [0.1, 0.15) is 18.7 Å². The van der Waals surface area contributed by atoms with E-state index in [1.165, 1.54) is 17.7 Å². The van der Waals surface area contributed by atoms with Gasteiger partial charge in [-0.15, -0.1) is 22.7 Å². The molecular formula is C15H13ClN2OS2. The van der Waals surface area contributed by atoms with Gasteiger partial charge < -0.3 is 4.74 Å². The molecule has 3 aromatic rings. The highest BCUT2D eigenvalue weighted by atomic mass is 35.5. The molecule has 0 N–H and O–H groups in total. The zero-order valence-corrected chi connectivity index (χ0v) is 13.6. The molecule has 0 amide bonds. The van der Waals surface area contributed by atoms with Crippen LogP contribution in [0.3, 0.4) is 0 Å². The van der Waals surface area contributed by atoms with Crippen molar-refractivity contribution in [3.05, 3.63) is 33.9 Å². The molecule has 1 aliphatic carbocycles. The Morgan fingerprint density at radius 3 is 2.95 bits per heavy atom. The number of hydrogen-bond donors (Lipinski definition) is 0. The molecule has 0 bridgehead atoms. The normalized spacial score (nSPS) is 14.9. The monoisotopic (exact) mass is 336 g/mol. The summed E-state index contributed by atoms with van der Waals surface area (Å²) in [6.45, 7) is 1.25. The lowest BCUT2D eigenvalue weighted by Gasteiger charge is -2.04. The minimum atomic E-state index is 0.443. The van der Waals surface area contributed by atoms with Crippen molar-refractivity contribution in [2.75, 3.05) is 6.61 Å². The predicted octanol–water partition coefficient (Wildman–Crippen LogP) is 5.00. The molecule has 1 aliphatic rings. The average molecular weight is 337 g/mol. The first kappa shape index (κ1) is 13.6. The first-order chi connectivity index (χ1) is 10.3. The van der Waals surface area contributed by atoms with E-state index in [4.69, 9.17) is 16.3 Å². The Morgan fingerprint density at radius 2 is 2.19 bits per heavy atom. The molecule has 1 saturated carbocycles. The first-order valence-corrected chi connectivity index (χ1v) is 9.00. The lowest BCUT2D eigenvalue weighted by Crippen LogP contribution is -2.01. The number of rotatable bonds is 5. The van der Waals surface area contributed by atoms with Gasteiger partial charge >= 0.3 is 0 Å². The van der Waals surface area contributed by atoms with Crippen LogP contribution in [-0.4, -0.2) is 16.6 Å². The Kier molecular flexibility index (Phi) is 3.67. The molecule has 4 rings (SSSR count). The van der Waals surface area contributed by atoms with Crippen LogP contribution in [0.5, 0.6) is 0 Å². The topological polar surface area (TPSA) is 35.0 Å². The van der Waals surface area contributed by atoms with Crippen LogP contribution < -0.4 is 0 Å². The molecule has 0 saturated heterocycles. The van der Waals surface area contributed by atoms with E-state index in [1.54, 1.807) is 22.7 Å². The van der Waals surface area contributed by atoms with Crippen molar-refractivity contribution in [1.82, 2.24) is 9.97 Å². The highest BCUT2D eigenvalue weighted by Crippen LogP contribution is 2.38. The average Bonchev–Trinajstić information content (AvgIpc) is 2.98. The molecule has 0 spiro atoms. The smallest absolute Gasteiger partial charge is 0.157 e. The number of halogens is 1. The Morgan fingerprint density at radius 1 is 1.29 bits per heavy atom. The molecule has 21 heavy (non-hydrogen) atoms. The highest BCUT2D eigenvalue weighted by Gasteiger charge is 2.21. The van der Waals surface area contributed by atoms with E-state index in [-0.39, 0.29) is 0 Å². The number of fused-ring (bicyclic) bond motifs is 1. The lowest BCUT2D eigenvalue weighted by atomic mass is 10.2. The summed E-state index contributed by atoms with van der Waals surface area (Å²) >= 11 is 9.69. The zero-order valence-electron chi connectivity index (χ0n) is 11.2. The second-order valence-corrected chi connectivity index (χ2v) is 7.36. The summed E-state index contributed by atoms with van der Waals surface area (Å²) in [7, 11) is 0. The fraction of sp³-hybridized carbons (Fsp3) is 0.333. The molecule has 3 aromatic heterocycles. The third kappa shape index (κ3) is 2.83. The van der Waals surface area contributed by atoms with Crippen molar-refractivity contribution in [2.45, 2.75) is 19.4 Å². The second kappa shape index (κ2) is 5.65. The number of hydrogen-bond acceptors (Lipinski definition) is 5. The largest absolute Gasteiger partial charge is 0.373 e. The van der Waals surface area contributed by atoms with Crippen LogP contribution in [0.15, 0.2) is 22.9 Å². The van der Waals surface area contributed by atoms with Crippen molar-refractivity contribution >= 4 is 44.5 Å². The third-order valence-electron chi connectivity index (χ3n) is 3.50. The van der Waals surface area contributed by atoms with Gasteiger partial charge in [-0.1, -0.05) is 17.7 Å². The summed E-state index contributed by atoms with van der Waals surface area (Å²) in [5.41, 5.74) is 1.13. The molecule has 6 heteroatoms. The number of ether oxygens (including phenoxy) is 1. The Hall–Kier alpha value is -1.01. The van der Waals surface area contributed by atoms with Crippen LogP contribution >= 0.6 is 34.3 Å². The van der Waals surface area contributed by atoms with Gasteiger partial charge in [-0.3, -0.25) is 0 Å². The Bertz CT molecular complexity index is 765. The number of nitrogens with zero attached hydrogens (tertiary/aromatic N) is 2. The number of thiophene rings is 2. The van der Waals surface area contributed by atoms with Crippen molar-refractivity contribution in [3.8, 4) is 10.4 Å². The number of aromatic nitrogens is 2. The van der Waals surface area contributed by atoms with Crippen LogP contribution in [-0.2, 0) is 11.3 Å². The quantitative estimate of drug-likeness (QED) is 0.615. The van der Waals surface area contributed by atoms with Crippen molar-refractivity contribution in [1.29, 1.82) is 0 Å². The summed E-state index contributed by atoms with van der Waals surface area (Å²) in [5.74, 6) is 1.42. The van der Waals surface area contributed by atoms with E-state index in [9.17, 15) is 0 Å². The van der Waals surface area contributed by atoms with Crippen LogP contribution in [0, 0.1) is 5.92 Å². The molecular weight excluding hydrogens is 324 g/mol. The molecule has 0 atom stereocenters. The van der Waals surface area contributed by atoms with E-state index in [0.29, 0.717) is 17.6 Å². The summed E-state index contributed by atoms with van der Waals surface area (Å²) in [6.07, 6.45) is 2.57. The SMILES string of the molecule is Clc1nc(COCC2CC2)nc2scc(-c3cccs3)c12. The van der Waals surface area contributed by atoms with Crippen molar-refractivity contribution in [3.63, 3.8) is 0 Å². The van der Waals surface area contributed by atoms with E-state index in [1.807, 2.05) is 6.07 Å². The molecule has 108 valence electrons. The maximum absolute atomic E-state index is 6.38. The fourth-order valence-corrected chi connectivity index (χ4v) is 4.35. The van der Waals surface area contributed by atoms with Gasteiger partial charge in [0.25, 0.3) is 0 Å². The van der Waals surface area contributed by atoms with Gasteiger partial charge in [-0.25, -0.2) is 9.97 Å². The third-order valence-corrected chi connectivity index (χ3v) is 5.55. The van der Waals surface area contributed by atoms with Crippen LogP contribution in [0.25, 0.3) is 20.7 Å².